The van der Waals surface area contributed by atoms with Crippen LogP contribution in [0.15, 0.2) is 54.6 Å². The van der Waals surface area contributed by atoms with Gasteiger partial charge in [-0.1, -0.05) is 41.9 Å². The zero-order chi connectivity index (χ0) is 20.7. The molecule has 1 N–H and O–H groups in total. The van der Waals surface area contributed by atoms with Gasteiger partial charge in [-0.2, -0.15) is 0 Å². The Kier molecular flexibility index (Phi) is 5.21. The Morgan fingerprint density at radius 1 is 1.03 bits per heavy atom. The first kappa shape index (κ1) is 19.5. The second-order valence-corrected chi connectivity index (χ2v) is 8.51. The summed E-state index contributed by atoms with van der Waals surface area (Å²) < 4.78 is 35.9. The van der Waals surface area contributed by atoms with Gasteiger partial charge in [0.1, 0.15) is 23.5 Å². The van der Waals surface area contributed by atoms with Crippen LogP contribution in [0.1, 0.15) is 35.4 Å². The molecule has 2 aliphatic rings. The molecule has 3 aromatic rings. The predicted molar refractivity (Wildman–Crippen MR) is 115 cm³/mol. The summed E-state index contributed by atoms with van der Waals surface area (Å²) in [5.41, 5.74) is 3.60. The van der Waals surface area contributed by atoms with Crippen molar-refractivity contribution in [2.24, 2.45) is 0 Å². The summed E-state index contributed by atoms with van der Waals surface area (Å²) >= 11 is 5.84. The van der Waals surface area contributed by atoms with Gasteiger partial charge in [-0.3, -0.25) is 0 Å². The van der Waals surface area contributed by atoms with Gasteiger partial charge in [-0.15, -0.1) is 0 Å². The molecule has 30 heavy (non-hydrogen) atoms. The lowest BCUT2D eigenvalue weighted by Crippen LogP contribution is -2.24. The third-order valence-corrected chi connectivity index (χ3v) is 6.27. The normalized spacial score (nSPS) is 20.2. The number of rotatable bonds is 3. The topological polar surface area (TPSA) is 21.3 Å². The summed E-state index contributed by atoms with van der Waals surface area (Å²) in [6.45, 7) is 1.76. The minimum absolute atomic E-state index is 0.0402. The summed E-state index contributed by atoms with van der Waals surface area (Å²) in [4.78, 5) is 0. The molecule has 2 aliphatic heterocycles. The van der Waals surface area contributed by atoms with Gasteiger partial charge in [0, 0.05) is 29.5 Å². The van der Waals surface area contributed by atoms with Crippen LogP contribution < -0.4 is 10.1 Å². The second-order valence-electron chi connectivity index (χ2n) is 8.07. The summed E-state index contributed by atoms with van der Waals surface area (Å²) in [5, 5.41) is 3.52. The Balaban J connectivity index is 1.66. The average Bonchev–Trinajstić information content (AvgIpc) is 2.90. The van der Waals surface area contributed by atoms with E-state index in [2.05, 4.69) is 17.4 Å². The summed E-state index contributed by atoms with van der Waals surface area (Å²) in [6, 6.07) is 16.2. The van der Waals surface area contributed by atoms with E-state index in [1.165, 1.54) is 0 Å². The standard InChI is InChI=1S/C25H22ClF2NO/c26-18-12-21(27)24(22(28)13-18)16-10-17(9-15-5-2-1-3-6-15)25-19(11-16)20-14-29-8-4-7-23(20)30-25/h1-3,5-6,10-13,20,23,29H,4,7-9,14H2/t20-,23?/m0/s1. The number of ether oxygens (including phenoxy) is 1. The van der Waals surface area contributed by atoms with Crippen LogP contribution in [0.25, 0.3) is 11.1 Å². The van der Waals surface area contributed by atoms with Crippen LogP contribution in [0, 0.1) is 11.6 Å². The van der Waals surface area contributed by atoms with Crippen molar-refractivity contribution in [1.82, 2.24) is 5.32 Å². The SMILES string of the molecule is Fc1cc(Cl)cc(F)c1-c1cc(Cc2ccccc2)c2c(c1)[C@@H]1CNCCCC1O2. The summed E-state index contributed by atoms with van der Waals surface area (Å²) in [6.07, 6.45) is 2.76. The Labute approximate surface area is 179 Å². The van der Waals surface area contributed by atoms with Gasteiger partial charge in [0.05, 0.1) is 5.56 Å². The third-order valence-electron chi connectivity index (χ3n) is 6.05. The van der Waals surface area contributed by atoms with Gasteiger partial charge in [0.25, 0.3) is 0 Å². The van der Waals surface area contributed by atoms with E-state index in [1.54, 1.807) is 0 Å². The number of hydrogen-bond donors (Lipinski definition) is 1. The van der Waals surface area contributed by atoms with Crippen molar-refractivity contribution in [3.05, 3.63) is 87.9 Å². The average molecular weight is 426 g/mol. The van der Waals surface area contributed by atoms with Gasteiger partial charge in [0.2, 0.25) is 0 Å². The third kappa shape index (κ3) is 3.59. The fourth-order valence-corrected chi connectivity index (χ4v) is 4.85. The summed E-state index contributed by atoms with van der Waals surface area (Å²) in [7, 11) is 0. The number of nitrogens with one attached hydrogen (secondary N) is 1. The molecule has 0 saturated carbocycles. The molecule has 2 atom stereocenters. The van der Waals surface area contributed by atoms with Crippen molar-refractivity contribution in [2.75, 3.05) is 13.1 Å². The molecule has 5 rings (SSSR count). The maximum Gasteiger partial charge on any atom is 0.135 e. The molecule has 1 unspecified atom stereocenters. The maximum atomic E-state index is 14.7. The van der Waals surface area contributed by atoms with Gasteiger partial charge in [-0.25, -0.2) is 8.78 Å². The van der Waals surface area contributed by atoms with E-state index < -0.39 is 11.6 Å². The monoisotopic (exact) mass is 425 g/mol. The fraction of sp³-hybridized carbons (Fsp3) is 0.280. The molecular formula is C25H22ClF2NO. The van der Waals surface area contributed by atoms with E-state index in [0.29, 0.717) is 12.0 Å². The van der Waals surface area contributed by atoms with E-state index in [4.69, 9.17) is 16.3 Å². The van der Waals surface area contributed by atoms with E-state index in [9.17, 15) is 8.78 Å². The van der Waals surface area contributed by atoms with Crippen molar-refractivity contribution in [1.29, 1.82) is 0 Å². The summed E-state index contributed by atoms with van der Waals surface area (Å²) in [5.74, 6) is -0.258. The first-order valence-electron chi connectivity index (χ1n) is 10.3. The van der Waals surface area contributed by atoms with Crippen molar-refractivity contribution in [3.63, 3.8) is 0 Å². The molecule has 2 nitrogen and oxygen atoms in total. The Morgan fingerprint density at radius 2 is 1.80 bits per heavy atom. The molecule has 3 aromatic carbocycles. The molecule has 1 saturated heterocycles. The molecule has 0 aliphatic carbocycles. The van der Waals surface area contributed by atoms with E-state index >= 15 is 0 Å². The van der Waals surface area contributed by atoms with Crippen LogP contribution >= 0.6 is 11.6 Å². The van der Waals surface area contributed by atoms with Crippen LogP contribution in [0.3, 0.4) is 0 Å². The molecule has 0 radical (unpaired) electrons. The molecule has 5 heteroatoms. The zero-order valence-electron chi connectivity index (χ0n) is 16.4. The van der Waals surface area contributed by atoms with Gasteiger partial charge < -0.3 is 10.1 Å². The second kappa shape index (κ2) is 8.01. The van der Waals surface area contributed by atoms with Crippen molar-refractivity contribution >= 4 is 11.6 Å². The molecule has 0 aromatic heterocycles. The fourth-order valence-electron chi connectivity index (χ4n) is 4.66. The first-order valence-corrected chi connectivity index (χ1v) is 10.7. The molecule has 0 spiro atoms. The highest BCUT2D eigenvalue weighted by Crippen LogP contribution is 2.46. The molecule has 154 valence electrons. The van der Waals surface area contributed by atoms with Crippen molar-refractivity contribution in [3.8, 4) is 16.9 Å². The van der Waals surface area contributed by atoms with Crippen molar-refractivity contribution in [2.45, 2.75) is 31.3 Å². The van der Waals surface area contributed by atoms with Crippen LogP contribution in [-0.2, 0) is 6.42 Å². The van der Waals surface area contributed by atoms with Crippen LogP contribution in [-0.4, -0.2) is 19.2 Å². The molecule has 0 amide bonds. The molecular weight excluding hydrogens is 404 g/mol. The number of fused-ring (bicyclic) bond motifs is 3. The minimum Gasteiger partial charge on any atom is -0.489 e. The lowest BCUT2D eigenvalue weighted by Gasteiger charge is -2.15. The number of hydrogen-bond acceptors (Lipinski definition) is 2. The minimum atomic E-state index is -0.653. The maximum absolute atomic E-state index is 14.7. The predicted octanol–water partition coefficient (Wildman–Crippen LogP) is 6.10. The highest BCUT2D eigenvalue weighted by molar-refractivity contribution is 6.30. The van der Waals surface area contributed by atoms with Crippen LogP contribution in [0.5, 0.6) is 5.75 Å². The van der Waals surface area contributed by atoms with E-state index in [0.717, 1.165) is 60.5 Å². The van der Waals surface area contributed by atoms with E-state index in [-0.39, 0.29) is 22.6 Å². The Bertz CT molecular complexity index is 1060. The molecule has 0 bridgehead atoms. The first-order chi connectivity index (χ1) is 14.6. The highest BCUT2D eigenvalue weighted by atomic mass is 35.5. The zero-order valence-corrected chi connectivity index (χ0v) is 17.2. The van der Waals surface area contributed by atoms with Gasteiger partial charge in [-0.05, 0) is 60.3 Å². The highest BCUT2D eigenvalue weighted by Gasteiger charge is 2.37. The molecule has 1 fully saturated rings. The van der Waals surface area contributed by atoms with Gasteiger partial charge in [0.15, 0.2) is 0 Å². The smallest absolute Gasteiger partial charge is 0.135 e. The Morgan fingerprint density at radius 3 is 2.57 bits per heavy atom. The van der Waals surface area contributed by atoms with Crippen LogP contribution in [0.2, 0.25) is 5.02 Å². The molecule has 2 heterocycles. The van der Waals surface area contributed by atoms with E-state index in [1.807, 2.05) is 30.3 Å². The number of benzene rings is 3. The van der Waals surface area contributed by atoms with Crippen molar-refractivity contribution < 1.29 is 13.5 Å². The largest absolute Gasteiger partial charge is 0.489 e. The van der Waals surface area contributed by atoms with Gasteiger partial charge >= 0.3 is 0 Å². The lowest BCUT2D eigenvalue weighted by molar-refractivity contribution is 0.199. The lowest BCUT2D eigenvalue weighted by atomic mass is 9.88. The number of halogens is 3. The quantitative estimate of drug-likeness (QED) is 0.547. The van der Waals surface area contributed by atoms with Crippen LogP contribution in [0.4, 0.5) is 8.78 Å². The Hall–Kier alpha value is -2.43.